The molecule has 0 bridgehead atoms. The maximum absolute atomic E-state index is 12.1. The van der Waals surface area contributed by atoms with Crippen LogP contribution in [-0.2, 0) is 0 Å². The van der Waals surface area contributed by atoms with Gasteiger partial charge in [0.25, 0.3) is 5.91 Å². The summed E-state index contributed by atoms with van der Waals surface area (Å²) in [6, 6.07) is 10.8. The molecule has 0 fully saturated rings. The van der Waals surface area contributed by atoms with Crippen LogP contribution in [0.4, 0.5) is 11.4 Å². The van der Waals surface area contributed by atoms with E-state index in [4.69, 9.17) is 5.73 Å². The molecule has 0 aliphatic rings. The molecule has 0 atom stereocenters. The van der Waals surface area contributed by atoms with Crippen LogP contribution in [0.2, 0.25) is 0 Å². The van der Waals surface area contributed by atoms with E-state index in [9.17, 15) is 4.79 Å². The molecule has 2 aromatic rings. The number of carbonyl (C=O) groups excluding carboxylic acids is 1. The second kappa shape index (κ2) is 5.75. The van der Waals surface area contributed by atoms with Crippen molar-refractivity contribution in [1.82, 2.24) is 0 Å². The van der Waals surface area contributed by atoms with Crippen molar-refractivity contribution in [3.05, 3.63) is 56.5 Å². The number of hydrogen-bond donors (Lipinski definition) is 2. The molecule has 0 aromatic heterocycles. The van der Waals surface area contributed by atoms with Gasteiger partial charge in [-0.05, 0) is 58.7 Å². The minimum atomic E-state index is -0.176. The van der Waals surface area contributed by atoms with Gasteiger partial charge in [0.2, 0.25) is 0 Å². The van der Waals surface area contributed by atoms with Crippen molar-refractivity contribution in [2.45, 2.75) is 6.92 Å². The van der Waals surface area contributed by atoms with Gasteiger partial charge in [0.1, 0.15) is 0 Å². The molecule has 0 unspecified atom stereocenters. The van der Waals surface area contributed by atoms with E-state index in [1.165, 1.54) is 0 Å². The van der Waals surface area contributed by atoms with Crippen molar-refractivity contribution in [2.75, 3.05) is 11.1 Å². The minimum absolute atomic E-state index is 0.176. The lowest BCUT2D eigenvalue weighted by atomic mass is 10.1. The number of carbonyl (C=O) groups is 1. The van der Waals surface area contributed by atoms with Gasteiger partial charge < -0.3 is 11.1 Å². The van der Waals surface area contributed by atoms with E-state index >= 15 is 0 Å². The lowest BCUT2D eigenvalue weighted by molar-refractivity contribution is 0.102. The van der Waals surface area contributed by atoms with Crippen LogP contribution >= 0.6 is 31.9 Å². The number of hydrogen-bond acceptors (Lipinski definition) is 2. The maximum atomic E-state index is 12.1. The first-order chi connectivity index (χ1) is 8.97. The molecule has 0 saturated heterocycles. The van der Waals surface area contributed by atoms with Gasteiger partial charge in [-0.3, -0.25) is 4.79 Å². The first-order valence-corrected chi connectivity index (χ1v) is 7.18. The summed E-state index contributed by atoms with van der Waals surface area (Å²) < 4.78 is 1.67. The van der Waals surface area contributed by atoms with Crippen molar-refractivity contribution in [3.8, 4) is 0 Å². The van der Waals surface area contributed by atoms with Gasteiger partial charge in [-0.15, -0.1) is 0 Å². The number of rotatable bonds is 2. The third kappa shape index (κ3) is 3.36. The van der Waals surface area contributed by atoms with Crippen molar-refractivity contribution in [3.63, 3.8) is 0 Å². The Bertz CT molecular complexity index is 641. The van der Waals surface area contributed by atoms with Crippen LogP contribution in [0.3, 0.4) is 0 Å². The Labute approximate surface area is 128 Å². The highest BCUT2D eigenvalue weighted by Gasteiger charge is 2.10. The molecule has 19 heavy (non-hydrogen) atoms. The molecule has 0 aliphatic heterocycles. The van der Waals surface area contributed by atoms with Crippen molar-refractivity contribution in [2.24, 2.45) is 0 Å². The Morgan fingerprint density at radius 3 is 2.63 bits per heavy atom. The van der Waals surface area contributed by atoms with E-state index in [1.807, 2.05) is 25.1 Å². The average Bonchev–Trinajstić information content (AvgIpc) is 2.36. The Kier molecular flexibility index (Phi) is 4.27. The Hall–Kier alpha value is -1.33. The number of amides is 1. The van der Waals surface area contributed by atoms with E-state index in [0.29, 0.717) is 16.9 Å². The predicted molar refractivity (Wildman–Crippen MR) is 85.4 cm³/mol. The number of halogens is 2. The Morgan fingerprint density at radius 2 is 1.95 bits per heavy atom. The summed E-state index contributed by atoms with van der Waals surface area (Å²) in [4.78, 5) is 12.1. The fourth-order valence-corrected chi connectivity index (χ4v) is 2.57. The topological polar surface area (TPSA) is 55.1 Å². The summed E-state index contributed by atoms with van der Waals surface area (Å²) >= 11 is 6.76. The van der Waals surface area contributed by atoms with Crippen molar-refractivity contribution in [1.29, 1.82) is 0 Å². The molecular weight excluding hydrogens is 372 g/mol. The van der Waals surface area contributed by atoms with Crippen molar-refractivity contribution < 1.29 is 4.79 Å². The number of nitrogens with two attached hydrogens (primary N) is 1. The lowest BCUT2D eigenvalue weighted by Gasteiger charge is -2.10. The highest BCUT2D eigenvalue weighted by molar-refractivity contribution is 9.10. The molecule has 1 amide bonds. The van der Waals surface area contributed by atoms with E-state index in [2.05, 4.69) is 37.2 Å². The zero-order valence-electron chi connectivity index (χ0n) is 10.2. The fourth-order valence-electron chi connectivity index (χ4n) is 1.61. The first kappa shape index (κ1) is 14.1. The number of anilines is 2. The van der Waals surface area contributed by atoms with Crippen LogP contribution in [0.25, 0.3) is 0 Å². The summed E-state index contributed by atoms with van der Waals surface area (Å²) in [6.07, 6.45) is 0. The molecule has 0 saturated carbocycles. The Morgan fingerprint density at radius 1 is 1.21 bits per heavy atom. The molecule has 98 valence electrons. The van der Waals surface area contributed by atoms with E-state index < -0.39 is 0 Å². The zero-order valence-corrected chi connectivity index (χ0v) is 13.4. The third-order valence-electron chi connectivity index (χ3n) is 2.69. The smallest absolute Gasteiger partial charge is 0.255 e. The van der Waals surface area contributed by atoms with Crippen LogP contribution in [0.15, 0.2) is 45.3 Å². The van der Waals surface area contributed by atoms with Crippen molar-refractivity contribution >= 4 is 49.1 Å². The second-order valence-electron chi connectivity index (χ2n) is 4.15. The molecular formula is C14H12Br2N2O. The molecule has 0 radical (unpaired) electrons. The standard InChI is InChI=1S/C14H12Br2N2O/c1-8-5-11(16)13(7-12(8)17)18-14(19)9-3-2-4-10(15)6-9/h2-7H,17H2,1H3,(H,18,19). The van der Waals surface area contributed by atoms with Gasteiger partial charge in [-0.2, -0.15) is 0 Å². The van der Waals surface area contributed by atoms with Crippen LogP contribution in [0.5, 0.6) is 0 Å². The van der Waals surface area contributed by atoms with Gasteiger partial charge in [0.05, 0.1) is 5.69 Å². The minimum Gasteiger partial charge on any atom is -0.398 e. The first-order valence-electron chi connectivity index (χ1n) is 5.60. The summed E-state index contributed by atoms with van der Waals surface area (Å²) in [6.45, 7) is 1.92. The van der Waals surface area contributed by atoms with Crippen LogP contribution in [0, 0.1) is 6.92 Å². The molecule has 0 aliphatic carbocycles. The summed E-state index contributed by atoms with van der Waals surface area (Å²) in [7, 11) is 0. The molecule has 2 rings (SSSR count). The number of benzene rings is 2. The van der Waals surface area contributed by atoms with E-state index in [0.717, 1.165) is 14.5 Å². The fraction of sp³-hybridized carbons (Fsp3) is 0.0714. The molecule has 5 heteroatoms. The molecule has 3 nitrogen and oxygen atoms in total. The van der Waals surface area contributed by atoms with Gasteiger partial charge in [-0.25, -0.2) is 0 Å². The number of nitrogen functional groups attached to an aromatic ring is 1. The molecule has 2 aromatic carbocycles. The quantitative estimate of drug-likeness (QED) is 0.757. The lowest BCUT2D eigenvalue weighted by Crippen LogP contribution is -2.12. The predicted octanol–water partition coefficient (Wildman–Crippen LogP) is 4.35. The molecule has 0 spiro atoms. The number of nitrogens with one attached hydrogen (secondary N) is 1. The van der Waals surface area contributed by atoms with Gasteiger partial charge in [-0.1, -0.05) is 22.0 Å². The summed E-state index contributed by atoms with van der Waals surface area (Å²) in [5.74, 6) is -0.176. The molecule has 3 N–H and O–H groups in total. The van der Waals surface area contributed by atoms with Gasteiger partial charge in [0, 0.05) is 20.2 Å². The summed E-state index contributed by atoms with van der Waals surface area (Å²) in [5.41, 5.74) is 8.70. The molecule has 0 heterocycles. The SMILES string of the molecule is Cc1cc(Br)c(NC(=O)c2cccc(Br)c2)cc1N. The van der Waals surface area contributed by atoms with Gasteiger partial charge >= 0.3 is 0 Å². The third-order valence-corrected chi connectivity index (χ3v) is 3.84. The van der Waals surface area contributed by atoms with Crippen LogP contribution in [-0.4, -0.2) is 5.91 Å². The highest BCUT2D eigenvalue weighted by atomic mass is 79.9. The van der Waals surface area contributed by atoms with E-state index in [-0.39, 0.29) is 5.91 Å². The van der Waals surface area contributed by atoms with Gasteiger partial charge in [0.15, 0.2) is 0 Å². The maximum Gasteiger partial charge on any atom is 0.255 e. The monoisotopic (exact) mass is 382 g/mol. The summed E-state index contributed by atoms with van der Waals surface area (Å²) in [5, 5.41) is 2.84. The zero-order chi connectivity index (χ0) is 14.0. The highest BCUT2D eigenvalue weighted by Crippen LogP contribution is 2.28. The normalized spacial score (nSPS) is 10.3. The number of aryl methyl sites for hydroxylation is 1. The van der Waals surface area contributed by atoms with E-state index in [1.54, 1.807) is 18.2 Å². The second-order valence-corrected chi connectivity index (χ2v) is 5.92. The largest absolute Gasteiger partial charge is 0.398 e. The Balaban J connectivity index is 2.27. The average molecular weight is 384 g/mol. The van der Waals surface area contributed by atoms with Crippen LogP contribution < -0.4 is 11.1 Å². The van der Waals surface area contributed by atoms with Crippen LogP contribution in [0.1, 0.15) is 15.9 Å².